The van der Waals surface area contributed by atoms with Gasteiger partial charge in [-0.2, -0.15) is 16.9 Å². The molecule has 1 aromatic heterocycles. The Labute approximate surface area is 186 Å². The van der Waals surface area contributed by atoms with Crippen LogP contribution in [0.3, 0.4) is 0 Å². The number of hydrogen-bond acceptors (Lipinski definition) is 8. The minimum absolute atomic E-state index is 0.123. The molecule has 0 radical (unpaired) electrons. The summed E-state index contributed by atoms with van der Waals surface area (Å²) in [7, 11) is 0. The smallest absolute Gasteiger partial charge is 0.408 e. The van der Waals surface area contributed by atoms with Crippen molar-refractivity contribution in [3.63, 3.8) is 0 Å². The van der Waals surface area contributed by atoms with Crippen molar-refractivity contribution in [2.45, 2.75) is 38.8 Å². The summed E-state index contributed by atoms with van der Waals surface area (Å²) in [4.78, 5) is 29.0. The number of pyridine rings is 1. The number of anilines is 2. The predicted molar refractivity (Wildman–Crippen MR) is 124 cm³/mol. The van der Waals surface area contributed by atoms with Crippen LogP contribution in [-0.4, -0.2) is 40.6 Å². The molecule has 0 bridgehead atoms. The molecule has 4 N–H and O–H groups in total. The molecule has 0 spiro atoms. The summed E-state index contributed by atoms with van der Waals surface area (Å²) in [6.07, 6.45) is 1.70. The number of ether oxygens (including phenoxy) is 1. The number of rotatable bonds is 8. The number of azo groups is 1. The van der Waals surface area contributed by atoms with Gasteiger partial charge in [0, 0.05) is 0 Å². The SMILES string of the molecule is CSCC[C@H](NC(=O)OC(C)(C)C)C(=O)Nc1ccc(/N=N/c2ccccc2)c(N)n1. The van der Waals surface area contributed by atoms with Crippen LogP contribution in [0.15, 0.2) is 52.7 Å². The van der Waals surface area contributed by atoms with Crippen LogP contribution in [0.1, 0.15) is 27.2 Å². The Kier molecular flexibility index (Phi) is 8.80. The molecule has 1 atom stereocenters. The van der Waals surface area contributed by atoms with Crippen LogP contribution in [0, 0.1) is 0 Å². The van der Waals surface area contributed by atoms with Crippen molar-refractivity contribution in [2.75, 3.05) is 23.1 Å². The molecule has 0 aliphatic heterocycles. The van der Waals surface area contributed by atoms with Gasteiger partial charge >= 0.3 is 6.09 Å². The number of nitrogens with zero attached hydrogens (tertiary/aromatic N) is 3. The van der Waals surface area contributed by atoms with E-state index in [2.05, 4.69) is 25.8 Å². The lowest BCUT2D eigenvalue weighted by Crippen LogP contribution is -2.46. The highest BCUT2D eigenvalue weighted by Gasteiger charge is 2.24. The van der Waals surface area contributed by atoms with Crippen LogP contribution in [0.2, 0.25) is 0 Å². The summed E-state index contributed by atoms with van der Waals surface area (Å²) >= 11 is 1.57. The van der Waals surface area contributed by atoms with Gasteiger partial charge in [0.1, 0.15) is 23.1 Å². The van der Waals surface area contributed by atoms with Gasteiger partial charge in [0.05, 0.1) is 5.69 Å². The number of nitrogens with two attached hydrogens (primary N) is 1. The highest BCUT2D eigenvalue weighted by Crippen LogP contribution is 2.24. The van der Waals surface area contributed by atoms with Crippen LogP contribution in [0.5, 0.6) is 0 Å². The summed E-state index contributed by atoms with van der Waals surface area (Å²) in [5.41, 5.74) is 6.36. The molecule has 31 heavy (non-hydrogen) atoms. The Hall–Kier alpha value is -3.14. The maximum absolute atomic E-state index is 12.7. The lowest BCUT2D eigenvalue weighted by molar-refractivity contribution is -0.118. The van der Waals surface area contributed by atoms with Crippen molar-refractivity contribution >= 4 is 46.8 Å². The molecule has 0 unspecified atom stereocenters. The van der Waals surface area contributed by atoms with E-state index in [1.165, 1.54) is 0 Å². The number of benzene rings is 1. The fraction of sp³-hybridized carbons (Fsp3) is 0.381. The molecule has 10 heteroatoms. The molecule has 0 aliphatic carbocycles. The quantitative estimate of drug-likeness (QED) is 0.507. The van der Waals surface area contributed by atoms with Gasteiger partial charge in [-0.15, -0.1) is 5.11 Å². The summed E-state index contributed by atoms with van der Waals surface area (Å²) in [6, 6.07) is 11.6. The van der Waals surface area contributed by atoms with E-state index < -0.39 is 23.6 Å². The lowest BCUT2D eigenvalue weighted by atomic mass is 10.2. The van der Waals surface area contributed by atoms with E-state index in [4.69, 9.17) is 10.5 Å². The number of amides is 2. The zero-order valence-corrected chi connectivity index (χ0v) is 18.9. The Morgan fingerprint density at radius 3 is 2.48 bits per heavy atom. The molecule has 1 aromatic carbocycles. The van der Waals surface area contributed by atoms with Crippen molar-refractivity contribution in [1.29, 1.82) is 0 Å². The molecule has 1 heterocycles. The van der Waals surface area contributed by atoms with Crippen LogP contribution in [-0.2, 0) is 9.53 Å². The Morgan fingerprint density at radius 2 is 1.87 bits per heavy atom. The largest absolute Gasteiger partial charge is 0.444 e. The number of nitrogens with one attached hydrogen (secondary N) is 2. The van der Waals surface area contributed by atoms with Gasteiger partial charge in [-0.05, 0) is 63.5 Å². The van der Waals surface area contributed by atoms with Crippen molar-refractivity contribution in [3.8, 4) is 0 Å². The number of carbonyl (C=O) groups excluding carboxylic acids is 2. The normalized spacial score (nSPS) is 12.4. The molecule has 9 nitrogen and oxygen atoms in total. The van der Waals surface area contributed by atoms with Gasteiger partial charge in [0.25, 0.3) is 0 Å². The predicted octanol–water partition coefficient (Wildman–Crippen LogP) is 4.66. The first-order chi connectivity index (χ1) is 14.7. The first-order valence-corrected chi connectivity index (χ1v) is 11.1. The number of hydrogen-bond donors (Lipinski definition) is 3. The van der Waals surface area contributed by atoms with E-state index in [1.807, 2.05) is 36.6 Å². The molecule has 2 amide bonds. The first-order valence-electron chi connectivity index (χ1n) is 9.70. The highest BCUT2D eigenvalue weighted by atomic mass is 32.2. The zero-order valence-electron chi connectivity index (χ0n) is 18.1. The van der Waals surface area contributed by atoms with Gasteiger partial charge in [-0.25, -0.2) is 9.78 Å². The second-order valence-corrected chi connectivity index (χ2v) is 8.59. The number of aromatic nitrogens is 1. The van der Waals surface area contributed by atoms with Gasteiger partial charge in [-0.1, -0.05) is 18.2 Å². The van der Waals surface area contributed by atoms with Crippen molar-refractivity contribution < 1.29 is 14.3 Å². The van der Waals surface area contributed by atoms with E-state index in [1.54, 1.807) is 44.7 Å². The summed E-state index contributed by atoms with van der Waals surface area (Å²) in [6.45, 7) is 5.27. The van der Waals surface area contributed by atoms with Gasteiger partial charge < -0.3 is 21.1 Å². The first kappa shape index (κ1) is 24.1. The molecule has 0 saturated carbocycles. The van der Waals surface area contributed by atoms with E-state index in [9.17, 15) is 9.59 Å². The van der Waals surface area contributed by atoms with Gasteiger partial charge in [0.15, 0.2) is 5.82 Å². The van der Waals surface area contributed by atoms with Crippen LogP contribution < -0.4 is 16.4 Å². The van der Waals surface area contributed by atoms with E-state index in [-0.39, 0.29) is 11.6 Å². The van der Waals surface area contributed by atoms with Crippen LogP contribution >= 0.6 is 11.8 Å². The second-order valence-electron chi connectivity index (χ2n) is 7.61. The molecule has 2 rings (SSSR count). The fourth-order valence-electron chi connectivity index (χ4n) is 2.40. The minimum Gasteiger partial charge on any atom is -0.444 e. The number of nitrogen functional groups attached to an aromatic ring is 1. The maximum atomic E-state index is 12.7. The second kappa shape index (κ2) is 11.3. The van der Waals surface area contributed by atoms with Crippen LogP contribution in [0.25, 0.3) is 0 Å². The van der Waals surface area contributed by atoms with Crippen molar-refractivity contribution in [1.82, 2.24) is 10.3 Å². The fourth-order valence-corrected chi connectivity index (χ4v) is 2.87. The lowest BCUT2D eigenvalue weighted by Gasteiger charge is -2.23. The van der Waals surface area contributed by atoms with Gasteiger partial charge in [-0.3, -0.25) is 4.79 Å². The van der Waals surface area contributed by atoms with Crippen LogP contribution in [0.4, 0.5) is 27.8 Å². The molecule has 0 aliphatic rings. The van der Waals surface area contributed by atoms with Crippen molar-refractivity contribution in [2.24, 2.45) is 10.2 Å². The number of thioether (sulfide) groups is 1. The molecule has 166 valence electrons. The average Bonchev–Trinajstić information content (AvgIpc) is 2.70. The molecule has 0 saturated heterocycles. The Morgan fingerprint density at radius 1 is 1.16 bits per heavy atom. The monoisotopic (exact) mass is 444 g/mol. The summed E-state index contributed by atoms with van der Waals surface area (Å²) in [5.74, 6) is 0.646. The summed E-state index contributed by atoms with van der Waals surface area (Å²) in [5, 5.41) is 13.5. The van der Waals surface area contributed by atoms with Crippen molar-refractivity contribution in [3.05, 3.63) is 42.5 Å². The van der Waals surface area contributed by atoms with E-state index >= 15 is 0 Å². The molecule has 0 fully saturated rings. The zero-order chi connectivity index (χ0) is 22.9. The minimum atomic E-state index is -0.775. The number of carbonyl (C=O) groups is 2. The highest BCUT2D eigenvalue weighted by molar-refractivity contribution is 7.98. The molecular formula is C21H28N6O3S. The van der Waals surface area contributed by atoms with E-state index in [0.717, 1.165) is 0 Å². The standard InChI is InChI=1S/C21H28N6O3S/c1-21(2,3)30-20(29)23-16(12-13-31-4)19(28)25-17-11-10-15(18(22)24-17)27-26-14-8-6-5-7-9-14/h5-11,16H,12-13H2,1-4H3,(H,23,29)(H3,22,24,25,28)/b27-26+/t16-/m0/s1. The maximum Gasteiger partial charge on any atom is 0.408 e. The summed E-state index contributed by atoms with van der Waals surface area (Å²) < 4.78 is 5.25. The number of alkyl carbamates (subject to hydrolysis) is 1. The average molecular weight is 445 g/mol. The Bertz CT molecular complexity index is 915. The Balaban J connectivity index is 2.05. The third-order valence-corrected chi connectivity index (χ3v) is 4.45. The topological polar surface area (TPSA) is 131 Å². The third kappa shape index (κ3) is 8.63. The van der Waals surface area contributed by atoms with Gasteiger partial charge in [0.2, 0.25) is 5.91 Å². The van der Waals surface area contributed by atoms with E-state index in [0.29, 0.717) is 23.5 Å². The molecule has 2 aromatic rings. The molecular weight excluding hydrogens is 416 g/mol. The third-order valence-electron chi connectivity index (χ3n) is 3.80.